The van der Waals surface area contributed by atoms with Gasteiger partial charge in [0.1, 0.15) is 0 Å². The molecule has 0 spiro atoms. The van der Waals surface area contributed by atoms with Crippen LogP contribution < -0.4 is 0 Å². The molecule has 5 heteroatoms. The number of fused-ring (bicyclic) bond motifs is 1. The average Bonchev–Trinajstić information content (AvgIpc) is 3.13. The number of hydrogen-bond donors (Lipinski definition) is 0. The summed E-state index contributed by atoms with van der Waals surface area (Å²) in [5.41, 5.74) is 2.33. The summed E-state index contributed by atoms with van der Waals surface area (Å²) in [6.07, 6.45) is 3.60. The van der Waals surface area contributed by atoms with Crippen LogP contribution in [0.4, 0.5) is 0 Å². The molecule has 0 aliphatic carbocycles. The van der Waals surface area contributed by atoms with Crippen LogP contribution in [0.15, 0.2) is 35.2 Å². The van der Waals surface area contributed by atoms with Crippen molar-refractivity contribution in [3.63, 3.8) is 0 Å². The molecule has 118 valence electrons. The quantitative estimate of drug-likeness (QED) is 0.849. The molecule has 1 atom stereocenters. The van der Waals surface area contributed by atoms with Crippen molar-refractivity contribution in [2.75, 3.05) is 20.3 Å². The minimum atomic E-state index is 0.218. The highest BCUT2D eigenvalue weighted by atomic mass is 32.1. The van der Waals surface area contributed by atoms with Crippen molar-refractivity contribution in [1.29, 1.82) is 0 Å². The molecule has 1 aliphatic rings. The van der Waals surface area contributed by atoms with Crippen molar-refractivity contribution in [3.05, 3.63) is 46.4 Å². The number of aromatic nitrogens is 1. The molecule has 0 fully saturated rings. The van der Waals surface area contributed by atoms with Gasteiger partial charge < -0.3 is 14.2 Å². The van der Waals surface area contributed by atoms with E-state index in [4.69, 9.17) is 4.74 Å². The van der Waals surface area contributed by atoms with Crippen LogP contribution in [0.1, 0.15) is 17.7 Å². The SMILES string of the molecule is COCC[C@H]1CN(C(=O)Cc2ccsc2)Cc2cccn2C1. The molecule has 4 nitrogen and oxygen atoms in total. The molecule has 0 aromatic carbocycles. The highest BCUT2D eigenvalue weighted by molar-refractivity contribution is 7.07. The van der Waals surface area contributed by atoms with Crippen LogP contribution in [-0.4, -0.2) is 35.6 Å². The molecule has 3 rings (SSSR count). The van der Waals surface area contributed by atoms with Crippen molar-refractivity contribution in [2.24, 2.45) is 5.92 Å². The first-order valence-corrected chi connectivity index (χ1v) is 8.62. The van der Waals surface area contributed by atoms with Gasteiger partial charge in [-0.25, -0.2) is 0 Å². The van der Waals surface area contributed by atoms with Crippen LogP contribution >= 0.6 is 11.3 Å². The van der Waals surface area contributed by atoms with Crippen molar-refractivity contribution >= 4 is 17.2 Å². The van der Waals surface area contributed by atoms with E-state index in [1.165, 1.54) is 5.69 Å². The fraction of sp³-hybridized carbons (Fsp3) is 0.471. The number of carbonyl (C=O) groups is 1. The van der Waals surface area contributed by atoms with Crippen LogP contribution in [0, 0.1) is 5.92 Å². The highest BCUT2D eigenvalue weighted by Gasteiger charge is 2.24. The summed E-state index contributed by atoms with van der Waals surface area (Å²) in [4.78, 5) is 14.7. The third kappa shape index (κ3) is 3.59. The van der Waals surface area contributed by atoms with E-state index in [0.29, 0.717) is 18.9 Å². The van der Waals surface area contributed by atoms with Gasteiger partial charge in [-0.1, -0.05) is 0 Å². The third-order valence-electron chi connectivity index (χ3n) is 4.23. The maximum Gasteiger partial charge on any atom is 0.227 e. The zero-order chi connectivity index (χ0) is 15.4. The monoisotopic (exact) mass is 318 g/mol. The van der Waals surface area contributed by atoms with Crippen LogP contribution in [0.25, 0.3) is 0 Å². The first kappa shape index (κ1) is 15.3. The Balaban J connectivity index is 1.73. The van der Waals surface area contributed by atoms with E-state index in [-0.39, 0.29) is 5.91 Å². The number of hydrogen-bond acceptors (Lipinski definition) is 3. The maximum atomic E-state index is 12.7. The van der Waals surface area contributed by atoms with Gasteiger partial charge >= 0.3 is 0 Å². The smallest absolute Gasteiger partial charge is 0.227 e. The molecule has 0 N–H and O–H groups in total. The predicted molar refractivity (Wildman–Crippen MR) is 87.9 cm³/mol. The van der Waals surface area contributed by atoms with Crippen molar-refractivity contribution in [2.45, 2.75) is 25.9 Å². The van der Waals surface area contributed by atoms with Crippen molar-refractivity contribution in [1.82, 2.24) is 9.47 Å². The summed E-state index contributed by atoms with van der Waals surface area (Å²) < 4.78 is 7.50. The fourth-order valence-corrected chi connectivity index (χ4v) is 3.68. The largest absolute Gasteiger partial charge is 0.385 e. The van der Waals surface area contributed by atoms with Gasteiger partial charge in [0.15, 0.2) is 0 Å². The Morgan fingerprint density at radius 2 is 2.32 bits per heavy atom. The topological polar surface area (TPSA) is 34.5 Å². The lowest BCUT2D eigenvalue weighted by Gasteiger charge is -2.24. The summed E-state index contributed by atoms with van der Waals surface area (Å²) in [6, 6.07) is 6.21. The van der Waals surface area contributed by atoms with E-state index in [1.54, 1.807) is 18.4 Å². The lowest BCUT2D eigenvalue weighted by atomic mass is 10.1. The Morgan fingerprint density at radius 3 is 3.09 bits per heavy atom. The summed E-state index contributed by atoms with van der Waals surface area (Å²) in [5, 5.41) is 4.08. The zero-order valence-electron chi connectivity index (χ0n) is 12.9. The number of thiophene rings is 1. The molecule has 0 saturated heterocycles. The first-order valence-electron chi connectivity index (χ1n) is 7.68. The van der Waals surface area contributed by atoms with Crippen LogP contribution in [0.5, 0.6) is 0 Å². The Bertz CT molecular complexity index is 606. The van der Waals surface area contributed by atoms with Gasteiger partial charge in [0.25, 0.3) is 0 Å². The number of methoxy groups -OCH3 is 1. The van der Waals surface area contributed by atoms with Crippen LogP contribution in [0.2, 0.25) is 0 Å². The summed E-state index contributed by atoms with van der Waals surface area (Å²) >= 11 is 1.64. The molecule has 0 radical (unpaired) electrons. The molecule has 22 heavy (non-hydrogen) atoms. The van der Waals surface area contributed by atoms with E-state index < -0.39 is 0 Å². The number of nitrogens with zero attached hydrogens (tertiary/aromatic N) is 2. The van der Waals surface area contributed by atoms with E-state index in [1.807, 2.05) is 16.3 Å². The second kappa shape index (κ2) is 7.11. The molecule has 2 aromatic rings. The van der Waals surface area contributed by atoms with Gasteiger partial charge in [0.2, 0.25) is 5.91 Å². The minimum Gasteiger partial charge on any atom is -0.385 e. The fourth-order valence-electron chi connectivity index (χ4n) is 3.02. The van der Waals surface area contributed by atoms with Crippen LogP contribution in [0.3, 0.4) is 0 Å². The Morgan fingerprint density at radius 1 is 1.41 bits per heavy atom. The molecule has 0 unspecified atom stereocenters. The number of rotatable bonds is 5. The second-order valence-electron chi connectivity index (χ2n) is 5.88. The van der Waals surface area contributed by atoms with Gasteiger partial charge in [-0.3, -0.25) is 4.79 Å². The van der Waals surface area contributed by atoms with Gasteiger partial charge in [-0.15, -0.1) is 0 Å². The lowest BCUT2D eigenvalue weighted by Crippen LogP contribution is -2.35. The van der Waals surface area contributed by atoms with Gasteiger partial charge in [-0.2, -0.15) is 11.3 Å². The molecule has 1 aliphatic heterocycles. The summed E-state index contributed by atoms with van der Waals surface area (Å²) in [5.74, 6) is 0.662. The minimum absolute atomic E-state index is 0.218. The van der Waals surface area contributed by atoms with E-state index >= 15 is 0 Å². The first-order chi connectivity index (χ1) is 10.8. The molecular formula is C17H22N2O2S. The number of carbonyl (C=O) groups excluding carboxylic acids is 1. The number of ether oxygens (including phenoxy) is 1. The standard InChI is InChI=1S/C17H22N2O2S/c1-21-7-4-15-10-18-6-2-3-16(18)12-19(11-15)17(20)9-14-5-8-22-13-14/h2-3,5-6,8,13,15H,4,7,9-12H2,1H3/t15-/m1/s1. The molecular weight excluding hydrogens is 296 g/mol. The third-order valence-corrected chi connectivity index (χ3v) is 4.96. The van der Waals surface area contributed by atoms with E-state index in [9.17, 15) is 4.79 Å². The molecule has 2 aromatic heterocycles. The summed E-state index contributed by atoms with van der Waals surface area (Å²) in [7, 11) is 1.73. The average molecular weight is 318 g/mol. The van der Waals surface area contributed by atoms with Crippen molar-refractivity contribution < 1.29 is 9.53 Å². The van der Waals surface area contributed by atoms with Gasteiger partial charge in [0, 0.05) is 38.7 Å². The predicted octanol–water partition coefficient (Wildman–Crippen LogP) is 2.79. The number of amides is 1. The molecule has 1 amide bonds. The Labute approximate surface area is 135 Å². The van der Waals surface area contributed by atoms with Gasteiger partial charge in [0.05, 0.1) is 13.0 Å². The molecule has 3 heterocycles. The summed E-state index contributed by atoms with van der Waals surface area (Å²) in [6.45, 7) is 3.23. The normalized spacial score (nSPS) is 18.0. The molecule has 0 bridgehead atoms. The maximum absolute atomic E-state index is 12.7. The Hall–Kier alpha value is -1.59. The second-order valence-corrected chi connectivity index (χ2v) is 6.66. The van der Waals surface area contributed by atoms with E-state index in [2.05, 4.69) is 28.3 Å². The zero-order valence-corrected chi connectivity index (χ0v) is 13.7. The lowest BCUT2D eigenvalue weighted by molar-refractivity contribution is -0.131. The highest BCUT2D eigenvalue weighted by Crippen LogP contribution is 2.20. The van der Waals surface area contributed by atoms with E-state index in [0.717, 1.165) is 31.7 Å². The molecule has 0 saturated carbocycles. The van der Waals surface area contributed by atoms with Crippen molar-refractivity contribution in [3.8, 4) is 0 Å². The van der Waals surface area contributed by atoms with Crippen LogP contribution in [-0.2, 0) is 29.0 Å². The Kier molecular flexibility index (Phi) is 4.95. The van der Waals surface area contributed by atoms with Gasteiger partial charge in [-0.05, 0) is 46.9 Å².